The van der Waals surface area contributed by atoms with Gasteiger partial charge in [0.2, 0.25) is 0 Å². The highest BCUT2D eigenvalue weighted by Crippen LogP contribution is 2.56. The number of aromatic carboxylic acids is 1. The second-order valence-electron chi connectivity index (χ2n) is 11.3. The van der Waals surface area contributed by atoms with Crippen LogP contribution in [0.15, 0.2) is 47.0 Å². The number of fused-ring (bicyclic) bond motifs is 3. The van der Waals surface area contributed by atoms with Crippen molar-refractivity contribution < 1.29 is 19.2 Å². The van der Waals surface area contributed by atoms with Crippen LogP contribution < -0.4 is 0 Å². The topological polar surface area (TPSA) is 98.3 Å². The van der Waals surface area contributed by atoms with Crippen molar-refractivity contribution in [1.82, 2.24) is 15.4 Å². The fourth-order valence-corrected chi connectivity index (χ4v) is 7.99. The monoisotopic (exact) mass is 595 g/mol. The first-order valence-corrected chi connectivity index (χ1v) is 15.2. The molecule has 0 amide bonds. The largest absolute Gasteiger partial charge is 0.478 e. The molecule has 0 spiro atoms. The third kappa shape index (κ3) is 4.55. The normalized spacial score (nSPS) is 23.9. The van der Waals surface area contributed by atoms with Crippen LogP contribution >= 0.6 is 34.5 Å². The van der Waals surface area contributed by atoms with E-state index in [0.29, 0.717) is 33.8 Å². The molecule has 2 bridgehead atoms. The molecule has 4 fully saturated rings. The predicted octanol–water partition coefficient (Wildman–Crippen LogP) is 8.30. The van der Waals surface area contributed by atoms with Gasteiger partial charge in [-0.25, -0.2) is 4.79 Å². The molecule has 8 rings (SSSR count). The number of hydrogen-bond acceptors (Lipinski definition) is 7. The molecule has 4 saturated carbocycles. The van der Waals surface area contributed by atoms with E-state index in [1.165, 1.54) is 0 Å². The molecule has 0 unspecified atom stereocenters. The third-order valence-corrected chi connectivity index (χ3v) is 10.8. The lowest BCUT2D eigenvalue weighted by atomic mass is 9.59. The summed E-state index contributed by atoms with van der Waals surface area (Å²) in [5.74, 6) is 0.335. The van der Waals surface area contributed by atoms with Gasteiger partial charge < -0.3 is 14.4 Å². The third-order valence-electron chi connectivity index (χ3n) is 8.90. The highest BCUT2D eigenvalue weighted by atomic mass is 35.5. The highest BCUT2D eigenvalue weighted by Gasteiger charge is 2.52. The molecule has 10 heteroatoms. The number of nitrogens with zero attached hydrogens (tertiary/aromatic N) is 3. The molecule has 2 aromatic carbocycles. The van der Waals surface area contributed by atoms with E-state index in [9.17, 15) is 9.90 Å². The summed E-state index contributed by atoms with van der Waals surface area (Å²) in [6, 6.07) is 12.4. The van der Waals surface area contributed by atoms with Crippen LogP contribution in [0, 0.1) is 0 Å². The molecule has 0 aliphatic heterocycles. The van der Waals surface area contributed by atoms with E-state index >= 15 is 0 Å². The first kappa shape index (κ1) is 26.1. The fraction of sp³-hybridized carbons (Fsp3) is 0.400. The van der Waals surface area contributed by atoms with Crippen LogP contribution in [0.2, 0.25) is 10.0 Å². The Labute approximate surface area is 245 Å². The Morgan fingerprint density at radius 1 is 1.02 bits per heavy atom. The van der Waals surface area contributed by atoms with E-state index in [0.717, 1.165) is 78.3 Å². The molecule has 0 atom stereocenters. The lowest BCUT2D eigenvalue weighted by molar-refractivity contribution is -0.127. The number of carboxylic acids is 1. The number of benzene rings is 2. The summed E-state index contributed by atoms with van der Waals surface area (Å²) in [5.41, 5.74) is 3.20. The van der Waals surface area contributed by atoms with Crippen molar-refractivity contribution >= 4 is 40.5 Å². The van der Waals surface area contributed by atoms with Gasteiger partial charge in [0, 0.05) is 28.0 Å². The van der Waals surface area contributed by atoms with E-state index in [2.05, 4.69) is 15.4 Å². The molecule has 4 aliphatic carbocycles. The number of hydrogen-bond donors (Lipinski definition) is 1. The number of carboxylic acid groups (broad SMARTS) is 1. The first-order valence-electron chi connectivity index (χ1n) is 13.6. The summed E-state index contributed by atoms with van der Waals surface area (Å²) < 4.78 is 12.6. The lowest BCUT2D eigenvalue weighted by Crippen LogP contribution is -2.49. The van der Waals surface area contributed by atoms with E-state index in [-0.39, 0.29) is 16.6 Å². The SMILES string of the molecule is O=C(O)c1cccc(-c2nnc(C34CCC(OCc5c(-c6c(Cl)cccc6Cl)noc5C5CC5)(CC3)CC4)s2)c1. The number of carbonyl (C=O) groups is 1. The summed E-state index contributed by atoms with van der Waals surface area (Å²) in [6.45, 7) is 0.419. The van der Waals surface area contributed by atoms with Gasteiger partial charge in [0.25, 0.3) is 0 Å². The van der Waals surface area contributed by atoms with Crippen LogP contribution in [-0.4, -0.2) is 32.0 Å². The number of aromatic nitrogens is 3. The number of rotatable bonds is 8. The second kappa shape index (κ2) is 9.94. The Kier molecular flexibility index (Phi) is 6.50. The molecule has 1 N–H and O–H groups in total. The van der Waals surface area contributed by atoms with Crippen LogP contribution in [-0.2, 0) is 16.8 Å². The molecule has 4 aliphatic rings. The van der Waals surface area contributed by atoms with Crippen molar-refractivity contribution in [3.8, 4) is 21.8 Å². The maximum atomic E-state index is 11.4. The van der Waals surface area contributed by atoms with Crippen LogP contribution in [0.25, 0.3) is 21.8 Å². The summed E-state index contributed by atoms with van der Waals surface area (Å²) in [4.78, 5) is 11.4. The van der Waals surface area contributed by atoms with Gasteiger partial charge >= 0.3 is 5.97 Å². The average molecular weight is 597 g/mol. The molecular formula is C30H27Cl2N3O4S. The molecule has 4 aromatic rings. The van der Waals surface area contributed by atoms with Crippen molar-refractivity contribution in [2.75, 3.05) is 0 Å². The van der Waals surface area contributed by atoms with Gasteiger partial charge in [0.1, 0.15) is 21.5 Å². The minimum absolute atomic E-state index is 0.00193. The van der Waals surface area contributed by atoms with Gasteiger partial charge in [-0.1, -0.05) is 57.9 Å². The van der Waals surface area contributed by atoms with E-state index < -0.39 is 5.97 Å². The lowest BCUT2D eigenvalue weighted by Gasteiger charge is -2.52. The fourth-order valence-electron chi connectivity index (χ4n) is 6.30. The standard InChI is InChI=1S/C30H27Cl2N3O4S/c31-21-5-2-6-22(32)23(21)24-20(25(39-35-24)17-7-8-17)16-38-30-12-9-29(10-13-30,11-14-30)28-34-33-26(40-28)18-3-1-4-19(15-18)27(36)37/h1-6,15,17H,7-14,16H2,(H,36,37). The zero-order valence-electron chi connectivity index (χ0n) is 21.7. The summed E-state index contributed by atoms with van der Waals surface area (Å²) in [5, 5.41) is 25.7. The van der Waals surface area contributed by atoms with Crippen molar-refractivity contribution in [2.24, 2.45) is 0 Å². The van der Waals surface area contributed by atoms with Gasteiger partial charge in [-0.05, 0) is 75.6 Å². The Morgan fingerprint density at radius 3 is 2.40 bits per heavy atom. The number of ether oxygens (including phenoxy) is 1. The molecule has 2 heterocycles. The Bertz CT molecular complexity index is 1570. The van der Waals surface area contributed by atoms with Gasteiger partial charge in [-0.3, -0.25) is 0 Å². The average Bonchev–Trinajstić information content (AvgIpc) is 3.53. The van der Waals surface area contributed by atoms with Crippen LogP contribution in [0.1, 0.15) is 84.0 Å². The van der Waals surface area contributed by atoms with E-state index in [1.54, 1.807) is 29.5 Å². The quantitative estimate of drug-likeness (QED) is 0.218. The molecule has 2 aromatic heterocycles. The number of halogens is 2. The molecule has 40 heavy (non-hydrogen) atoms. The smallest absolute Gasteiger partial charge is 0.335 e. The molecule has 7 nitrogen and oxygen atoms in total. The molecule has 0 radical (unpaired) electrons. The first-order chi connectivity index (χ1) is 19.4. The zero-order chi connectivity index (χ0) is 27.5. The van der Waals surface area contributed by atoms with Gasteiger partial charge in [0.05, 0.1) is 27.8 Å². The zero-order valence-corrected chi connectivity index (χ0v) is 24.0. The summed E-state index contributed by atoms with van der Waals surface area (Å²) >= 11 is 14.7. The molecule has 0 saturated heterocycles. The van der Waals surface area contributed by atoms with Crippen molar-refractivity contribution in [3.63, 3.8) is 0 Å². The molecular weight excluding hydrogens is 569 g/mol. The van der Waals surface area contributed by atoms with Gasteiger partial charge in [0.15, 0.2) is 0 Å². The van der Waals surface area contributed by atoms with Crippen LogP contribution in [0.4, 0.5) is 0 Å². The Morgan fingerprint density at radius 2 is 1.73 bits per heavy atom. The summed E-state index contributed by atoms with van der Waals surface area (Å²) in [6.07, 6.45) is 7.98. The predicted molar refractivity (Wildman–Crippen MR) is 153 cm³/mol. The maximum Gasteiger partial charge on any atom is 0.335 e. The molecule has 206 valence electrons. The minimum atomic E-state index is -0.946. The summed E-state index contributed by atoms with van der Waals surface area (Å²) in [7, 11) is 0. The minimum Gasteiger partial charge on any atom is -0.478 e. The Balaban J connectivity index is 1.09. The van der Waals surface area contributed by atoms with E-state index in [1.807, 2.05) is 24.3 Å². The maximum absolute atomic E-state index is 11.4. The van der Waals surface area contributed by atoms with Crippen molar-refractivity contribution in [2.45, 2.75) is 74.9 Å². The van der Waals surface area contributed by atoms with Gasteiger partial charge in [-0.15, -0.1) is 10.2 Å². The second-order valence-corrected chi connectivity index (χ2v) is 13.1. The Hall–Kier alpha value is -2.78. The van der Waals surface area contributed by atoms with Crippen molar-refractivity contribution in [3.05, 3.63) is 74.4 Å². The van der Waals surface area contributed by atoms with Crippen LogP contribution in [0.5, 0.6) is 0 Å². The van der Waals surface area contributed by atoms with E-state index in [4.69, 9.17) is 32.5 Å². The van der Waals surface area contributed by atoms with Crippen LogP contribution in [0.3, 0.4) is 0 Å². The highest BCUT2D eigenvalue weighted by molar-refractivity contribution is 7.14. The van der Waals surface area contributed by atoms with Gasteiger partial charge in [-0.2, -0.15) is 0 Å². The van der Waals surface area contributed by atoms with Crippen molar-refractivity contribution in [1.29, 1.82) is 0 Å².